The molecule has 27 aromatic rings. The molecule has 0 atom stereocenters. The van der Waals surface area contributed by atoms with Crippen molar-refractivity contribution in [1.29, 1.82) is 0 Å². The fourth-order valence-electron chi connectivity index (χ4n) is 22.1. The minimum atomic E-state index is -0.476. The minimum absolute atomic E-state index is 0.335. The fraction of sp³-hybridized carbons (Fsp3) is 0.194. The van der Waals surface area contributed by atoms with Crippen LogP contribution in [0.25, 0.3) is 219 Å². The number of hydrogen-bond acceptors (Lipinski definition) is 18. The van der Waals surface area contributed by atoms with Gasteiger partial charge in [-0.1, -0.05) is 176 Å². The molecule has 22 heteroatoms. The second-order valence-corrected chi connectivity index (χ2v) is 50.1. The van der Waals surface area contributed by atoms with Gasteiger partial charge < -0.3 is 55.4 Å². The van der Waals surface area contributed by atoms with E-state index in [1.807, 2.05) is 74.1 Å². The highest BCUT2D eigenvalue weighted by Crippen LogP contribution is 2.57. The molecule has 0 amide bonds. The first kappa shape index (κ1) is 90.9. The summed E-state index contributed by atoms with van der Waals surface area (Å²) in [5, 5.41) is 29.7. The molecule has 0 saturated carbocycles. The number of nitrogens with zero attached hydrogens (tertiary/aromatic N) is 1. The summed E-state index contributed by atoms with van der Waals surface area (Å²) in [5.74, 6) is 0. The van der Waals surface area contributed by atoms with Gasteiger partial charge in [0.15, 0.2) is 0 Å². The zero-order chi connectivity index (χ0) is 99.3. The van der Waals surface area contributed by atoms with Gasteiger partial charge in [0.2, 0.25) is 0 Å². The first-order valence-corrected chi connectivity index (χ1v) is 55.0. The molecule has 0 bridgehead atoms. The molecule has 4 fully saturated rings. The number of anilines is 3. The standard InChI is InChI=1S/C40H30BNO3S2.2C28H23BO3S.C28H23BO2S2/c1-39(2)40(3,4)45-41(44-39)27-19-20-29-32-33-31(46-37(27)32)22-28(42(24-14-7-5-8-15-24)25-16-9-6-10-17-25)38-35(33)34-30(47-38)21-23-13-11-12-18-26(23)36(34)43-29;1-27(2)28(3,4)32-29(31-27)18-9-11-23-20(15-18)26-24(33-23)12-10-21-25(26)19-13-16-7-5-6-8-17(16)14-22(19)30-21;1-27(2)28(3,4)32-29(31-27)18-9-10-21-19(15-18)25-22(30-21)11-12-23-26(25)20-13-16-7-5-6-8-17(16)14-24(20)33-23;1-27(2)28(3,4)31-29(30-27)18-9-10-19-24(15-18)33-21-11-12-22-26(25(19)21)20-13-16-7-5-6-8-17(16)14-23(20)32-22/h5-22H,1-4H3;3*5-15H,1-4H3. The molecular formula is C124H99B4NO11S6. The molecule has 714 valence electrons. The number of fused-ring (bicyclic) bond motifs is 26. The minimum Gasteiger partial charge on any atom is -0.456 e. The van der Waals surface area contributed by atoms with Gasteiger partial charge in [-0.2, -0.15) is 0 Å². The third-order valence-corrected chi connectivity index (χ3v) is 39.5. The van der Waals surface area contributed by atoms with Crippen LogP contribution in [-0.4, -0.2) is 73.3 Å². The summed E-state index contributed by atoms with van der Waals surface area (Å²) in [6.45, 7) is 33.6. The van der Waals surface area contributed by atoms with E-state index in [0.717, 1.165) is 98.7 Å². The van der Waals surface area contributed by atoms with E-state index in [9.17, 15) is 0 Å². The lowest BCUT2D eigenvalue weighted by Gasteiger charge is -2.32. The number of rotatable bonds is 7. The van der Waals surface area contributed by atoms with Crippen LogP contribution in [0.2, 0.25) is 0 Å². The summed E-state index contributed by atoms with van der Waals surface area (Å²) >= 11 is 11.1. The highest BCUT2D eigenvalue weighted by Gasteiger charge is 2.56. The maximum atomic E-state index is 7.07. The lowest BCUT2D eigenvalue weighted by molar-refractivity contribution is 0.00578. The second-order valence-electron chi connectivity index (χ2n) is 43.7. The van der Waals surface area contributed by atoms with E-state index >= 15 is 0 Å². The number of hydrogen-bond donors (Lipinski definition) is 0. The van der Waals surface area contributed by atoms with Gasteiger partial charge in [0.1, 0.15) is 33.5 Å². The van der Waals surface area contributed by atoms with E-state index in [2.05, 4.69) is 419 Å². The summed E-state index contributed by atoms with van der Waals surface area (Å²) in [6, 6.07) is 111. The van der Waals surface area contributed by atoms with E-state index in [1.165, 1.54) is 159 Å². The van der Waals surface area contributed by atoms with Crippen LogP contribution in [0.1, 0.15) is 111 Å². The molecule has 9 aromatic heterocycles. The zero-order valence-electron chi connectivity index (χ0n) is 83.6. The number of benzene rings is 18. The molecule has 0 unspecified atom stereocenters. The van der Waals surface area contributed by atoms with Gasteiger partial charge in [-0.05, 0) is 298 Å². The van der Waals surface area contributed by atoms with Crippen molar-refractivity contribution in [3.05, 3.63) is 309 Å². The molecule has 4 saturated heterocycles. The van der Waals surface area contributed by atoms with Crippen molar-refractivity contribution >= 4 is 355 Å². The number of furan rings is 2. The highest BCUT2D eigenvalue weighted by molar-refractivity contribution is 7.30. The van der Waals surface area contributed by atoms with Crippen molar-refractivity contribution in [1.82, 2.24) is 0 Å². The Balaban J connectivity index is 0.0000000955. The Labute approximate surface area is 867 Å². The largest absolute Gasteiger partial charge is 0.496 e. The molecule has 0 aliphatic carbocycles. The van der Waals surface area contributed by atoms with E-state index in [-0.39, 0.29) is 47.8 Å². The molecule has 0 radical (unpaired) electrons. The summed E-state index contributed by atoms with van der Waals surface area (Å²) in [5.41, 5.74) is 10.0. The Morgan fingerprint density at radius 3 is 1.08 bits per heavy atom. The van der Waals surface area contributed by atoms with Crippen LogP contribution < -0.4 is 26.8 Å². The Morgan fingerprint density at radius 1 is 0.199 bits per heavy atom. The maximum absolute atomic E-state index is 7.07. The molecule has 12 nitrogen and oxygen atoms in total. The SMILES string of the molecule is CC1(C)OB(c2ccc3c(c2)sc2ccc4sc5cc6ccccc6cc5c4c23)OC1(C)C.CC1(C)OB(c2ccc3oc4c5ccccc5cc5sc6c(N(c7ccccc7)c7ccccc7)cc7sc2c3c7c6c54)OC1(C)C.CC1(C)OB(c2ccc3oc4ccc5sc6cc7ccccc7cc6c5c4c3c2)OC1(C)C.CC1(C)OB(c2ccc3sc4ccc5oc6cc7ccccc7cc6c5c4c3c2)OC1(C)C. The normalized spacial score (nSPS) is 17.3. The second kappa shape index (κ2) is 32.5. The highest BCUT2D eigenvalue weighted by atomic mass is 32.1. The molecule has 0 spiro atoms. The van der Waals surface area contributed by atoms with Gasteiger partial charge in [0, 0.05) is 160 Å². The van der Waals surface area contributed by atoms with Crippen LogP contribution in [0.4, 0.5) is 17.1 Å². The topological polar surface area (TPSA) is 117 Å². The van der Waals surface area contributed by atoms with Crippen LogP contribution >= 0.6 is 68.0 Å². The third-order valence-electron chi connectivity index (χ3n) is 32.7. The van der Waals surface area contributed by atoms with Crippen molar-refractivity contribution in [2.45, 2.75) is 156 Å². The molecule has 0 N–H and O–H groups in total. The first-order chi connectivity index (χ1) is 70.2. The van der Waals surface area contributed by atoms with Crippen molar-refractivity contribution in [2.75, 3.05) is 4.90 Å². The Hall–Kier alpha value is -12.5. The predicted molar refractivity (Wildman–Crippen MR) is 626 cm³/mol. The van der Waals surface area contributed by atoms with Gasteiger partial charge in [0.25, 0.3) is 0 Å². The molecule has 146 heavy (non-hydrogen) atoms. The summed E-state index contributed by atoms with van der Waals surface area (Å²) in [6.07, 6.45) is 0. The predicted octanol–water partition coefficient (Wildman–Crippen LogP) is 34.2. The van der Waals surface area contributed by atoms with Crippen molar-refractivity contribution in [3.63, 3.8) is 0 Å². The van der Waals surface area contributed by atoms with Crippen LogP contribution in [0.3, 0.4) is 0 Å². The molecule has 4 aliphatic rings. The summed E-state index contributed by atoms with van der Waals surface area (Å²) in [7, 11) is -1.58. The maximum Gasteiger partial charge on any atom is 0.496 e. The fourth-order valence-corrected chi connectivity index (χ4v) is 29.2. The average Bonchev–Trinajstić information content (AvgIpc) is 1.52. The zero-order valence-corrected chi connectivity index (χ0v) is 88.5. The van der Waals surface area contributed by atoms with Crippen molar-refractivity contribution in [3.8, 4) is 0 Å². The van der Waals surface area contributed by atoms with Crippen LogP contribution in [0.5, 0.6) is 0 Å². The Kier molecular flexibility index (Phi) is 20.2. The van der Waals surface area contributed by atoms with E-state index in [4.69, 9.17) is 50.5 Å². The summed E-state index contributed by atoms with van der Waals surface area (Å²) in [4.78, 5) is 2.40. The number of para-hydroxylation sites is 2. The van der Waals surface area contributed by atoms with Gasteiger partial charge in [-0.25, -0.2) is 0 Å². The van der Waals surface area contributed by atoms with Crippen molar-refractivity contribution in [2.24, 2.45) is 0 Å². The van der Waals surface area contributed by atoms with E-state index < -0.39 is 25.4 Å². The molecule has 13 heterocycles. The monoisotopic (exact) mass is 2010 g/mol. The van der Waals surface area contributed by atoms with Gasteiger partial charge >= 0.3 is 28.5 Å². The van der Waals surface area contributed by atoms with Gasteiger partial charge in [0.05, 0.1) is 55.2 Å². The van der Waals surface area contributed by atoms with E-state index in [0.29, 0.717) is 0 Å². The van der Waals surface area contributed by atoms with Crippen LogP contribution in [-0.2, 0) is 37.2 Å². The quantitative estimate of drug-likeness (QED) is 0.141. The molecular weight excluding hydrogens is 1920 g/mol. The van der Waals surface area contributed by atoms with Gasteiger partial charge in [-0.15, -0.1) is 68.0 Å². The van der Waals surface area contributed by atoms with Crippen LogP contribution in [0, 0.1) is 0 Å². The first-order valence-electron chi connectivity index (χ1n) is 50.1. The lowest BCUT2D eigenvalue weighted by Crippen LogP contribution is -2.41. The van der Waals surface area contributed by atoms with E-state index in [1.54, 1.807) is 0 Å². The Morgan fingerprint density at radius 2 is 0.548 bits per heavy atom. The lowest BCUT2D eigenvalue weighted by atomic mass is 9.78. The Bertz CT molecular complexity index is 9790. The molecule has 18 aromatic carbocycles. The van der Waals surface area contributed by atoms with Crippen molar-refractivity contribution < 1.29 is 50.5 Å². The van der Waals surface area contributed by atoms with Gasteiger partial charge in [-0.3, -0.25) is 0 Å². The third kappa shape index (κ3) is 14.1. The smallest absolute Gasteiger partial charge is 0.456 e. The van der Waals surface area contributed by atoms with Crippen LogP contribution in [0.15, 0.2) is 323 Å². The average molecular weight is 2010 g/mol. The summed E-state index contributed by atoms with van der Waals surface area (Å²) < 4.78 is 86.2. The number of thiophene rings is 6. The molecule has 31 rings (SSSR count). The molecule has 4 aliphatic heterocycles.